The van der Waals surface area contributed by atoms with Crippen LogP contribution >= 0.6 is 0 Å². The maximum atomic E-state index is 11.2. The van der Waals surface area contributed by atoms with Gasteiger partial charge in [0, 0.05) is 19.2 Å². The topological polar surface area (TPSA) is 110 Å². The van der Waals surface area contributed by atoms with Crippen molar-refractivity contribution in [2.75, 3.05) is 27.3 Å². The van der Waals surface area contributed by atoms with E-state index in [1.54, 1.807) is 0 Å². The van der Waals surface area contributed by atoms with E-state index in [4.69, 9.17) is 5.11 Å². The van der Waals surface area contributed by atoms with Crippen LogP contribution in [0.2, 0.25) is 0 Å². The van der Waals surface area contributed by atoms with Gasteiger partial charge in [0.2, 0.25) is 0 Å². The molecule has 100 valence electrons. The second-order valence-electron chi connectivity index (χ2n) is 3.11. The average Bonchev–Trinajstić information content (AvgIpc) is 2.31. The molecular weight excluding hydrogens is 246 g/mol. The van der Waals surface area contributed by atoms with E-state index in [9.17, 15) is 19.2 Å². The van der Waals surface area contributed by atoms with Gasteiger partial charge in [0.1, 0.15) is 6.54 Å². The van der Waals surface area contributed by atoms with Crippen molar-refractivity contribution in [3.8, 4) is 0 Å². The highest BCUT2D eigenvalue weighted by Gasteiger charge is 2.13. The number of amides is 1. The number of nitrogens with zero attached hydrogens (tertiary/aromatic N) is 1. The highest BCUT2D eigenvalue weighted by Crippen LogP contribution is 1.89. The molecule has 0 saturated carbocycles. The Hall–Kier alpha value is -2.38. The molecule has 0 radical (unpaired) electrons. The Morgan fingerprint density at radius 3 is 2.22 bits per heavy atom. The number of carboxylic acid groups (broad SMARTS) is 1. The predicted molar refractivity (Wildman–Crippen MR) is 57.4 cm³/mol. The molecule has 8 nitrogen and oxygen atoms in total. The van der Waals surface area contributed by atoms with Crippen LogP contribution in [-0.2, 0) is 28.7 Å². The monoisotopic (exact) mass is 259 g/mol. The molecule has 0 rings (SSSR count). The van der Waals surface area contributed by atoms with Crippen molar-refractivity contribution in [3.05, 3.63) is 12.2 Å². The van der Waals surface area contributed by atoms with Gasteiger partial charge in [-0.3, -0.25) is 9.59 Å². The van der Waals surface area contributed by atoms with Crippen molar-refractivity contribution in [1.29, 1.82) is 0 Å². The number of aliphatic carboxylic acids is 1. The smallest absolute Gasteiger partial charge is 0.331 e. The summed E-state index contributed by atoms with van der Waals surface area (Å²) in [5.41, 5.74) is 0. The maximum Gasteiger partial charge on any atom is 0.331 e. The summed E-state index contributed by atoms with van der Waals surface area (Å²) in [7, 11) is 2.40. The van der Waals surface area contributed by atoms with Crippen molar-refractivity contribution in [2.45, 2.75) is 0 Å². The lowest BCUT2D eigenvalue weighted by Gasteiger charge is -2.13. The van der Waals surface area contributed by atoms with Crippen LogP contribution < -0.4 is 0 Å². The van der Waals surface area contributed by atoms with Crippen LogP contribution in [0.1, 0.15) is 0 Å². The summed E-state index contributed by atoms with van der Waals surface area (Å²) < 4.78 is 8.72. The SMILES string of the molecule is COC(=O)/C=C/C(=O)OCC(=O)N(C)CC(=O)O. The quantitative estimate of drug-likeness (QED) is 0.471. The van der Waals surface area contributed by atoms with Crippen LogP contribution in [0.15, 0.2) is 12.2 Å². The van der Waals surface area contributed by atoms with E-state index in [1.165, 1.54) is 7.05 Å². The molecule has 0 unspecified atom stereocenters. The first kappa shape index (κ1) is 15.6. The van der Waals surface area contributed by atoms with Crippen LogP contribution in [0.5, 0.6) is 0 Å². The molecule has 0 aliphatic carbocycles. The van der Waals surface area contributed by atoms with Crippen molar-refractivity contribution < 1.29 is 33.8 Å². The molecule has 0 aromatic heterocycles. The Kier molecular flexibility index (Phi) is 6.79. The highest BCUT2D eigenvalue weighted by atomic mass is 16.5. The summed E-state index contributed by atoms with van der Waals surface area (Å²) in [6, 6.07) is 0. The minimum Gasteiger partial charge on any atom is -0.480 e. The Labute approximate surface area is 103 Å². The van der Waals surface area contributed by atoms with Crippen molar-refractivity contribution >= 4 is 23.8 Å². The lowest BCUT2D eigenvalue weighted by atomic mass is 10.5. The normalized spacial score (nSPS) is 9.89. The fourth-order valence-electron chi connectivity index (χ4n) is 0.786. The van der Waals surface area contributed by atoms with Gasteiger partial charge in [-0.15, -0.1) is 0 Å². The van der Waals surface area contributed by atoms with Gasteiger partial charge < -0.3 is 19.5 Å². The lowest BCUT2D eigenvalue weighted by Crippen LogP contribution is -2.35. The van der Waals surface area contributed by atoms with Gasteiger partial charge >= 0.3 is 17.9 Å². The van der Waals surface area contributed by atoms with E-state index in [0.717, 1.165) is 24.2 Å². The van der Waals surface area contributed by atoms with E-state index in [0.29, 0.717) is 0 Å². The van der Waals surface area contributed by atoms with Crippen LogP contribution in [-0.4, -0.2) is 61.1 Å². The molecular formula is C10H13NO7. The molecule has 0 spiro atoms. The second kappa shape index (κ2) is 7.82. The van der Waals surface area contributed by atoms with Crippen molar-refractivity contribution in [2.24, 2.45) is 0 Å². The minimum absolute atomic E-state index is 0.492. The summed E-state index contributed by atoms with van der Waals surface area (Å²) in [4.78, 5) is 44.1. The van der Waals surface area contributed by atoms with Crippen molar-refractivity contribution in [1.82, 2.24) is 4.90 Å². The number of carbonyl (C=O) groups excluding carboxylic acids is 3. The molecule has 0 saturated heterocycles. The third kappa shape index (κ3) is 6.99. The first-order valence-electron chi connectivity index (χ1n) is 4.75. The first-order chi connectivity index (χ1) is 8.36. The van der Waals surface area contributed by atoms with Crippen LogP contribution in [0.3, 0.4) is 0 Å². The van der Waals surface area contributed by atoms with E-state index in [-0.39, 0.29) is 0 Å². The van der Waals surface area contributed by atoms with E-state index >= 15 is 0 Å². The predicted octanol–water partition coefficient (Wildman–Crippen LogP) is -1.20. The summed E-state index contributed by atoms with van der Waals surface area (Å²) in [6.07, 6.45) is 1.64. The molecule has 0 aliphatic rings. The van der Waals surface area contributed by atoms with Gasteiger partial charge in [0.05, 0.1) is 7.11 Å². The summed E-state index contributed by atoms with van der Waals surface area (Å²) >= 11 is 0. The zero-order valence-corrected chi connectivity index (χ0v) is 9.91. The van der Waals surface area contributed by atoms with Crippen LogP contribution in [0.4, 0.5) is 0 Å². The number of hydrogen-bond donors (Lipinski definition) is 1. The standard InChI is InChI=1S/C10H13NO7/c1-11(5-8(13)14)7(12)6-18-10(16)4-3-9(15)17-2/h3-4H,5-6H2,1-2H3,(H,13,14)/b4-3+. The number of methoxy groups -OCH3 is 1. The molecule has 0 bridgehead atoms. The zero-order chi connectivity index (χ0) is 14.1. The molecule has 0 fully saturated rings. The van der Waals surface area contributed by atoms with Crippen LogP contribution in [0.25, 0.3) is 0 Å². The van der Waals surface area contributed by atoms with Gasteiger partial charge in [0.15, 0.2) is 6.61 Å². The van der Waals surface area contributed by atoms with E-state index < -0.39 is 37.0 Å². The third-order valence-electron chi connectivity index (χ3n) is 1.69. The van der Waals surface area contributed by atoms with Gasteiger partial charge in [0.25, 0.3) is 5.91 Å². The molecule has 0 aromatic rings. The summed E-state index contributed by atoms with van der Waals surface area (Å²) in [5, 5.41) is 8.42. The average molecular weight is 259 g/mol. The molecule has 18 heavy (non-hydrogen) atoms. The van der Waals surface area contributed by atoms with Gasteiger partial charge in [-0.2, -0.15) is 0 Å². The molecule has 0 atom stereocenters. The summed E-state index contributed by atoms with van der Waals surface area (Å²) in [6.45, 7) is -1.09. The number of carbonyl (C=O) groups is 4. The number of carboxylic acids is 1. The number of ether oxygens (including phenoxy) is 2. The van der Waals surface area contributed by atoms with E-state index in [2.05, 4.69) is 9.47 Å². The number of likely N-dealkylation sites (N-methyl/N-ethyl adjacent to an activating group) is 1. The molecule has 0 heterocycles. The van der Waals surface area contributed by atoms with Crippen LogP contribution in [0, 0.1) is 0 Å². The number of rotatable bonds is 6. The fourth-order valence-corrected chi connectivity index (χ4v) is 0.786. The highest BCUT2D eigenvalue weighted by molar-refractivity contribution is 5.92. The second-order valence-corrected chi connectivity index (χ2v) is 3.11. The summed E-state index contributed by atoms with van der Waals surface area (Å²) in [5.74, 6) is -3.49. The first-order valence-corrected chi connectivity index (χ1v) is 4.75. The zero-order valence-electron chi connectivity index (χ0n) is 9.91. The van der Waals surface area contributed by atoms with E-state index in [1.807, 2.05) is 0 Å². The molecule has 8 heteroatoms. The Balaban J connectivity index is 4.06. The molecule has 0 aliphatic heterocycles. The maximum absolute atomic E-state index is 11.2. The van der Waals surface area contributed by atoms with Gasteiger partial charge in [-0.1, -0.05) is 0 Å². The number of hydrogen-bond acceptors (Lipinski definition) is 6. The number of esters is 2. The van der Waals surface area contributed by atoms with Gasteiger partial charge in [-0.25, -0.2) is 9.59 Å². The molecule has 1 amide bonds. The molecule has 1 N–H and O–H groups in total. The minimum atomic E-state index is -1.18. The Morgan fingerprint density at radius 1 is 1.17 bits per heavy atom. The third-order valence-corrected chi connectivity index (χ3v) is 1.69. The lowest BCUT2D eigenvalue weighted by molar-refractivity contribution is -0.150. The largest absolute Gasteiger partial charge is 0.480 e. The fraction of sp³-hybridized carbons (Fsp3) is 0.400. The van der Waals surface area contributed by atoms with Gasteiger partial charge in [-0.05, 0) is 0 Å². The Morgan fingerprint density at radius 2 is 1.72 bits per heavy atom. The molecule has 0 aromatic carbocycles. The van der Waals surface area contributed by atoms with Crippen molar-refractivity contribution in [3.63, 3.8) is 0 Å². The Bertz CT molecular complexity index is 374.